The average Bonchev–Trinajstić information content (AvgIpc) is 2.77. The number of amides is 1. The van der Waals surface area contributed by atoms with Gasteiger partial charge in [0.05, 0.1) is 7.11 Å². The van der Waals surface area contributed by atoms with Gasteiger partial charge in [-0.3, -0.25) is 9.69 Å². The Hall–Kier alpha value is -1.87. The summed E-state index contributed by atoms with van der Waals surface area (Å²) in [5.41, 5.74) is 1.18. The SMILES string of the molecule is CCc1c(OC)ccnc1N1CCN(CCC2CCC(NC(=O)CS(C)(=O)=O)CC2)CC1. The Kier molecular flexibility index (Phi) is 8.76. The fourth-order valence-electron chi connectivity index (χ4n) is 4.91. The Bertz CT molecular complexity index is 861. The number of sulfone groups is 1. The molecule has 8 nitrogen and oxygen atoms in total. The van der Waals surface area contributed by atoms with Gasteiger partial charge in [0.15, 0.2) is 9.84 Å². The number of anilines is 1. The molecule has 0 atom stereocenters. The summed E-state index contributed by atoms with van der Waals surface area (Å²) in [5.74, 6) is 1.88. The van der Waals surface area contributed by atoms with Gasteiger partial charge in [-0.05, 0) is 57.1 Å². The van der Waals surface area contributed by atoms with Crippen molar-refractivity contribution in [1.82, 2.24) is 15.2 Å². The predicted octanol–water partition coefficient (Wildman–Crippen LogP) is 1.88. The highest BCUT2D eigenvalue weighted by atomic mass is 32.2. The molecule has 1 N–H and O–H groups in total. The molecule has 1 saturated heterocycles. The maximum absolute atomic E-state index is 11.8. The fraction of sp³-hybridized carbons (Fsp3) is 0.739. The summed E-state index contributed by atoms with van der Waals surface area (Å²) in [6.45, 7) is 7.29. The number of hydrogen-bond acceptors (Lipinski definition) is 7. The minimum Gasteiger partial charge on any atom is -0.496 e. The van der Waals surface area contributed by atoms with E-state index in [1.165, 1.54) is 12.0 Å². The number of pyridine rings is 1. The first kappa shape index (κ1) is 24.8. The highest BCUT2D eigenvalue weighted by Crippen LogP contribution is 2.29. The molecule has 2 heterocycles. The van der Waals surface area contributed by atoms with E-state index < -0.39 is 15.6 Å². The van der Waals surface area contributed by atoms with Crippen molar-refractivity contribution >= 4 is 21.6 Å². The molecule has 0 unspecified atom stereocenters. The van der Waals surface area contributed by atoms with Gasteiger partial charge in [-0.25, -0.2) is 13.4 Å². The third kappa shape index (κ3) is 7.07. The van der Waals surface area contributed by atoms with Crippen molar-refractivity contribution in [2.24, 2.45) is 5.92 Å². The molecule has 32 heavy (non-hydrogen) atoms. The molecule has 1 aromatic rings. The molecule has 1 aliphatic heterocycles. The van der Waals surface area contributed by atoms with Crippen LogP contribution >= 0.6 is 0 Å². The van der Waals surface area contributed by atoms with Crippen molar-refractivity contribution in [3.8, 4) is 5.75 Å². The smallest absolute Gasteiger partial charge is 0.235 e. The lowest BCUT2D eigenvalue weighted by molar-refractivity contribution is -0.119. The third-order valence-corrected chi connectivity index (χ3v) is 7.48. The minimum absolute atomic E-state index is 0.118. The van der Waals surface area contributed by atoms with E-state index in [4.69, 9.17) is 4.74 Å². The zero-order valence-electron chi connectivity index (χ0n) is 19.7. The topological polar surface area (TPSA) is 91.8 Å². The number of nitrogens with zero attached hydrogens (tertiary/aromatic N) is 3. The normalized spacial score (nSPS) is 22.5. The Morgan fingerprint density at radius 3 is 2.47 bits per heavy atom. The molecule has 180 valence electrons. The third-order valence-electron chi connectivity index (χ3n) is 6.69. The number of ether oxygens (including phenoxy) is 1. The van der Waals surface area contributed by atoms with Gasteiger partial charge >= 0.3 is 0 Å². The quantitative estimate of drug-likeness (QED) is 0.594. The molecule has 0 bridgehead atoms. The fourth-order valence-corrected chi connectivity index (χ4v) is 5.47. The molecular weight excluding hydrogens is 428 g/mol. The second kappa shape index (κ2) is 11.3. The van der Waals surface area contributed by atoms with E-state index in [9.17, 15) is 13.2 Å². The number of carbonyl (C=O) groups excluding carboxylic acids is 1. The van der Waals surface area contributed by atoms with E-state index in [0.29, 0.717) is 5.92 Å². The van der Waals surface area contributed by atoms with Gasteiger partial charge < -0.3 is 15.0 Å². The molecule has 9 heteroatoms. The van der Waals surface area contributed by atoms with Crippen molar-refractivity contribution < 1.29 is 17.9 Å². The number of carbonyl (C=O) groups is 1. The largest absolute Gasteiger partial charge is 0.496 e. The lowest BCUT2D eigenvalue weighted by Crippen LogP contribution is -2.47. The summed E-state index contributed by atoms with van der Waals surface area (Å²) >= 11 is 0. The highest BCUT2D eigenvalue weighted by molar-refractivity contribution is 7.91. The molecule has 1 amide bonds. The molecular formula is C23H38N4O4S. The van der Waals surface area contributed by atoms with E-state index in [1.54, 1.807) is 7.11 Å². The molecule has 1 aliphatic carbocycles. The van der Waals surface area contributed by atoms with Crippen molar-refractivity contribution in [1.29, 1.82) is 0 Å². The van der Waals surface area contributed by atoms with E-state index >= 15 is 0 Å². The number of hydrogen-bond donors (Lipinski definition) is 1. The van der Waals surface area contributed by atoms with Crippen molar-refractivity contribution in [2.75, 3.05) is 56.7 Å². The van der Waals surface area contributed by atoms with Gasteiger partial charge in [0.2, 0.25) is 5.91 Å². The van der Waals surface area contributed by atoms with Crippen LogP contribution in [0.2, 0.25) is 0 Å². The van der Waals surface area contributed by atoms with Gasteiger partial charge in [-0.15, -0.1) is 0 Å². The Morgan fingerprint density at radius 2 is 1.88 bits per heavy atom. The maximum atomic E-state index is 11.8. The Balaban J connectivity index is 1.38. The second-order valence-corrected chi connectivity index (χ2v) is 11.3. The lowest BCUT2D eigenvalue weighted by Gasteiger charge is -2.37. The van der Waals surface area contributed by atoms with Crippen LogP contribution in [0.3, 0.4) is 0 Å². The second-order valence-electron chi connectivity index (χ2n) is 9.14. The zero-order chi connectivity index (χ0) is 23.1. The number of rotatable bonds is 9. The zero-order valence-corrected chi connectivity index (χ0v) is 20.5. The van der Waals surface area contributed by atoms with Crippen LogP contribution in [0, 0.1) is 5.92 Å². The van der Waals surface area contributed by atoms with Gasteiger partial charge in [0, 0.05) is 50.2 Å². The van der Waals surface area contributed by atoms with Crippen LogP contribution in [-0.2, 0) is 21.1 Å². The van der Waals surface area contributed by atoms with Gasteiger partial charge in [0.1, 0.15) is 17.3 Å². The van der Waals surface area contributed by atoms with Gasteiger partial charge in [0.25, 0.3) is 0 Å². The molecule has 2 aliphatic rings. The van der Waals surface area contributed by atoms with Crippen LogP contribution in [0.1, 0.15) is 44.6 Å². The standard InChI is InChI=1S/C23H38N4O4S/c1-4-20-21(31-2)9-11-24-23(20)27-15-13-26(14-16-27)12-10-18-5-7-19(8-6-18)25-22(28)17-32(3,29)30/h9,11,18-19H,4-8,10,12-17H2,1-3H3,(H,25,28). The summed E-state index contributed by atoms with van der Waals surface area (Å²) in [6.07, 6.45) is 9.09. The number of nitrogens with one attached hydrogen (secondary N) is 1. The molecule has 0 spiro atoms. The van der Waals surface area contributed by atoms with Crippen LogP contribution in [0.5, 0.6) is 5.75 Å². The van der Waals surface area contributed by atoms with Crippen molar-refractivity contribution in [3.63, 3.8) is 0 Å². The molecule has 0 aromatic carbocycles. The first-order valence-electron chi connectivity index (χ1n) is 11.7. The van der Waals surface area contributed by atoms with E-state index in [-0.39, 0.29) is 11.9 Å². The predicted molar refractivity (Wildman–Crippen MR) is 127 cm³/mol. The maximum Gasteiger partial charge on any atom is 0.235 e. The Morgan fingerprint density at radius 1 is 1.19 bits per heavy atom. The number of piperazine rings is 1. The van der Waals surface area contributed by atoms with Crippen molar-refractivity contribution in [2.45, 2.75) is 51.5 Å². The van der Waals surface area contributed by atoms with Crippen molar-refractivity contribution in [3.05, 3.63) is 17.8 Å². The molecule has 1 saturated carbocycles. The molecule has 0 radical (unpaired) electrons. The van der Waals surface area contributed by atoms with Crippen LogP contribution < -0.4 is 15.0 Å². The monoisotopic (exact) mass is 466 g/mol. The first-order valence-corrected chi connectivity index (χ1v) is 13.8. The van der Waals surface area contributed by atoms with E-state index in [1.807, 2.05) is 12.3 Å². The average molecular weight is 467 g/mol. The van der Waals surface area contributed by atoms with Crippen LogP contribution in [0.4, 0.5) is 5.82 Å². The number of aromatic nitrogens is 1. The van der Waals surface area contributed by atoms with E-state index in [2.05, 4.69) is 27.0 Å². The first-order chi connectivity index (χ1) is 15.3. The number of methoxy groups -OCH3 is 1. The Labute approximate surface area is 192 Å². The minimum atomic E-state index is -3.27. The van der Waals surface area contributed by atoms with E-state index in [0.717, 1.165) is 82.7 Å². The van der Waals surface area contributed by atoms with Crippen LogP contribution in [0.25, 0.3) is 0 Å². The summed E-state index contributed by atoms with van der Waals surface area (Å²) in [7, 11) is -1.55. The van der Waals surface area contributed by atoms with Crippen LogP contribution in [-0.4, -0.2) is 82.1 Å². The van der Waals surface area contributed by atoms with Gasteiger partial charge in [-0.2, -0.15) is 0 Å². The molecule has 2 fully saturated rings. The van der Waals surface area contributed by atoms with Crippen LogP contribution in [0.15, 0.2) is 12.3 Å². The summed E-state index contributed by atoms with van der Waals surface area (Å²) in [4.78, 5) is 21.4. The lowest BCUT2D eigenvalue weighted by atomic mass is 9.84. The molecule has 3 rings (SSSR count). The highest BCUT2D eigenvalue weighted by Gasteiger charge is 2.25. The summed E-state index contributed by atoms with van der Waals surface area (Å²) in [5, 5.41) is 2.89. The summed E-state index contributed by atoms with van der Waals surface area (Å²) < 4.78 is 28.0. The van der Waals surface area contributed by atoms with Gasteiger partial charge in [-0.1, -0.05) is 6.92 Å². The molecule has 1 aromatic heterocycles. The summed E-state index contributed by atoms with van der Waals surface area (Å²) in [6, 6.07) is 2.05.